The molecule has 0 bridgehead atoms. The molecule has 1 aromatic carbocycles. The third-order valence-corrected chi connectivity index (χ3v) is 1.06. The second-order valence-electron chi connectivity index (χ2n) is 2.00. The minimum absolute atomic E-state index is 0. The molecule has 0 saturated carbocycles. The van der Waals surface area contributed by atoms with E-state index in [1.165, 1.54) is 0 Å². The summed E-state index contributed by atoms with van der Waals surface area (Å²) in [6.45, 7) is 0. The summed E-state index contributed by atoms with van der Waals surface area (Å²) in [6.07, 6.45) is 0. The van der Waals surface area contributed by atoms with Crippen LogP contribution in [0.3, 0.4) is 0 Å². The zero-order chi connectivity index (χ0) is 12.2. The quantitative estimate of drug-likeness (QED) is 0.129. The van der Waals surface area contributed by atoms with Gasteiger partial charge in [0.2, 0.25) is 5.82 Å². The van der Waals surface area contributed by atoms with Crippen LogP contribution < -0.4 is 51.4 Å². The molecule has 0 atom stereocenters. The van der Waals surface area contributed by atoms with Gasteiger partial charge < -0.3 is 13.0 Å². The molecule has 1 N–H and O–H groups in total. The molecular weight excluding hydrogens is 286 g/mol. The summed E-state index contributed by atoms with van der Waals surface area (Å²) in [5, 5.41) is 0. The fourth-order valence-corrected chi connectivity index (χ4v) is 0.544. The van der Waals surface area contributed by atoms with Crippen LogP contribution >= 0.6 is 0 Å². The topological polar surface area (TPSA) is 54.4 Å². The summed E-state index contributed by atoms with van der Waals surface area (Å²) < 4.78 is 84.1. The Kier molecular flexibility index (Phi) is 9.97. The maximum absolute atomic E-state index is 12.0. The van der Waals surface area contributed by atoms with Gasteiger partial charge in [-0.3, -0.25) is 0 Å². The van der Waals surface area contributed by atoms with Gasteiger partial charge in [0.25, 0.3) is 0 Å². The first-order chi connectivity index (χ1) is 6.77. The summed E-state index contributed by atoms with van der Waals surface area (Å²) in [7, 11) is -2.86. The van der Waals surface area contributed by atoms with Crippen molar-refractivity contribution in [3.63, 3.8) is 0 Å². The van der Waals surface area contributed by atoms with E-state index >= 15 is 0 Å². The van der Waals surface area contributed by atoms with Crippen molar-refractivity contribution in [2.45, 2.75) is 0 Å². The normalized spacial score (nSPS) is 9.19. The number of benzene rings is 1. The van der Waals surface area contributed by atoms with Crippen LogP contribution in [-0.4, -0.2) is 4.55 Å². The SMILES string of the molecule is Fc1cc(F)c(F)c(F)c1F.O=[S-](=O)O.[K+]. The van der Waals surface area contributed by atoms with Crippen molar-refractivity contribution in [1.82, 2.24) is 0 Å². The van der Waals surface area contributed by atoms with Gasteiger partial charge in [0.05, 0.1) is 0 Å². The molecule has 3 nitrogen and oxygen atoms in total. The van der Waals surface area contributed by atoms with Gasteiger partial charge >= 0.3 is 51.4 Å². The van der Waals surface area contributed by atoms with E-state index in [1.807, 2.05) is 0 Å². The standard InChI is InChI=1S/C6HF5.K.HO3S/c7-2-1-3(8)5(10)6(11)4(2)9;;1-4(2)3/h1H;;(H,1,2,3)/q;+1;-1. The van der Waals surface area contributed by atoms with Crippen LogP contribution in [0.1, 0.15) is 0 Å². The fraction of sp³-hybridized carbons (Fsp3) is 0. The maximum Gasteiger partial charge on any atom is 1.00 e. The van der Waals surface area contributed by atoms with E-state index in [4.69, 9.17) is 13.0 Å². The van der Waals surface area contributed by atoms with Crippen LogP contribution in [0.5, 0.6) is 0 Å². The predicted molar refractivity (Wildman–Crippen MR) is 37.6 cm³/mol. The van der Waals surface area contributed by atoms with E-state index in [0.717, 1.165) is 0 Å². The molecule has 0 heterocycles. The average molecular weight is 288 g/mol. The maximum atomic E-state index is 12.0. The third kappa shape index (κ3) is 6.23. The summed E-state index contributed by atoms with van der Waals surface area (Å²) in [6, 6.07) is -0.0618. The third-order valence-electron chi connectivity index (χ3n) is 1.06. The molecule has 0 spiro atoms. The van der Waals surface area contributed by atoms with Crippen molar-refractivity contribution in [3.05, 3.63) is 35.2 Å². The summed E-state index contributed by atoms with van der Waals surface area (Å²) in [5.41, 5.74) is 0. The largest absolute Gasteiger partial charge is 1.00 e. The van der Waals surface area contributed by atoms with E-state index < -0.39 is 40.1 Å². The second-order valence-corrected chi connectivity index (χ2v) is 2.43. The molecular formula is C6H2F5KO3S. The Balaban J connectivity index is 0. The molecule has 16 heavy (non-hydrogen) atoms. The summed E-state index contributed by atoms with van der Waals surface area (Å²) in [5.74, 6) is -9.65. The van der Waals surface area contributed by atoms with Gasteiger partial charge in [-0.2, -0.15) is 0 Å². The smallest absolute Gasteiger partial charge is 0.439 e. The Bertz CT molecular complexity index is 402. The molecule has 0 aliphatic heterocycles. The van der Waals surface area contributed by atoms with Gasteiger partial charge in [-0.15, -0.1) is 0 Å². The van der Waals surface area contributed by atoms with Gasteiger partial charge in [-0.1, -0.05) is 0 Å². The first kappa shape index (κ1) is 18.8. The van der Waals surface area contributed by atoms with Crippen LogP contribution in [0.2, 0.25) is 0 Å². The average Bonchev–Trinajstić information content (AvgIpc) is 2.11. The molecule has 1 aromatic rings. The first-order valence-corrected chi connectivity index (χ1v) is 4.07. The van der Waals surface area contributed by atoms with Crippen molar-refractivity contribution < 1.29 is 86.3 Å². The molecule has 0 radical (unpaired) electrons. The van der Waals surface area contributed by atoms with Crippen LogP contribution in [0.15, 0.2) is 6.07 Å². The molecule has 0 saturated heterocycles. The minimum atomic E-state index is -2.86. The Hall–Kier alpha value is 0.416. The molecule has 0 aliphatic rings. The Morgan fingerprint density at radius 3 is 1.38 bits per heavy atom. The fourth-order valence-electron chi connectivity index (χ4n) is 0.544. The molecule has 0 amide bonds. The second kappa shape index (κ2) is 8.50. The summed E-state index contributed by atoms with van der Waals surface area (Å²) in [4.78, 5) is 0. The van der Waals surface area contributed by atoms with Crippen molar-refractivity contribution in [3.8, 4) is 0 Å². The van der Waals surface area contributed by atoms with Gasteiger partial charge in [-0.05, 0) is 0 Å². The number of rotatable bonds is 0. The molecule has 0 aromatic heterocycles. The van der Waals surface area contributed by atoms with E-state index in [9.17, 15) is 22.0 Å². The van der Waals surface area contributed by atoms with Crippen LogP contribution in [0, 0.1) is 29.1 Å². The number of hydrogen-bond donors (Lipinski definition) is 1. The monoisotopic (exact) mass is 288 g/mol. The molecule has 86 valence electrons. The molecule has 1 rings (SSSR count). The van der Waals surface area contributed by atoms with Crippen LogP contribution in [-0.2, 0) is 19.4 Å². The zero-order valence-electron chi connectivity index (χ0n) is 7.64. The van der Waals surface area contributed by atoms with Gasteiger partial charge in [0.15, 0.2) is 23.3 Å². The van der Waals surface area contributed by atoms with E-state index in [1.54, 1.807) is 0 Å². The number of hydrogen-bond acceptors (Lipinski definition) is 3. The predicted octanol–water partition coefficient (Wildman–Crippen LogP) is -0.845. The van der Waals surface area contributed by atoms with E-state index in [0.29, 0.717) is 0 Å². The molecule has 10 heteroatoms. The molecule has 0 aliphatic carbocycles. The van der Waals surface area contributed by atoms with Crippen molar-refractivity contribution in [1.29, 1.82) is 0 Å². The molecule has 0 unspecified atom stereocenters. The van der Waals surface area contributed by atoms with Crippen LogP contribution in [0.4, 0.5) is 22.0 Å². The van der Waals surface area contributed by atoms with Crippen molar-refractivity contribution in [2.24, 2.45) is 0 Å². The number of halogens is 5. The Morgan fingerprint density at radius 1 is 0.875 bits per heavy atom. The van der Waals surface area contributed by atoms with Crippen molar-refractivity contribution >= 4 is 11.0 Å². The molecule has 0 fully saturated rings. The zero-order valence-corrected chi connectivity index (χ0v) is 11.6. The van der Waals surface area contributed by atoms with Crippen molar-refractivity contribution in [2.75, 3.05) is 0 Å². The Morgan fingerprint density at radius 2 is 1.12 bits per heavy atom. The summed E-state index contributed by atoms with van der Waals surface area (Å²) >= 11 is 0. The van der Waals surface area contributed by atoms with Gasteiger partial charge in [0, 0.05) is 17.1 Å². The van der Waals surface area contributed by atoms with Gasteiger partial charge in [0.1, 0.15) is 0 Å². The minimum Gasteiger partial charge on any atom is -0.439 e. The van der Waals surface area contributed by atoms with E-state index in [2.05, 4.69) is 0 Å². The van der Waals surface area contributed by atoms with Crippen LogP contribution in [0.25, 0.3) is 0 Å². The van der Waals surface area contributed by atoms with Gasteiger partial charge in [-0.25, -0.2) is 22.0 Å². The Labute approximate surface area is 131 Å². The van der Waals surface area contributed by atoms with E-state index in [-0.39, 0.29) is 57.5 Å². The first-order valence-electron chi connectivity index (χ1n) is 3.04.